The number of rotatable bonds is 6. The average molecular weight is 273 g/mol. The van der Waals surface area contributed by atoms with Crippen LogP contribution in [0.2, 0.25) is 0 Å². The van der Waals surface area contributed by atoms with Crippen LogP contribution in [0, 0.1) is 0 Å². The Hall–Kier alpha value is -1.48. The molecule has 4 atom stereocenters. The van der Waals surface area contributed by atoms with Crippen LogP contribution in [0.25, 0.3) is 0 Å². The Bertz CT molecular complexity index is 349. The molecular weight excluding hydrogens is 254 g/mol. The highest BCUT2D eigenvalue weighted by Gasteiger charge is 2.47. The van der Waals surface area contributed by atoms with Crippen LogP contribution < -0.4 is 11.1 Å². The fraction of sp³-hybridized carbons (Fsp3) is 0.636. The third-order valence-electron chi connectivity index (χ3n) is 2.85. The van der Waals surface area contributed by atoms with Gasteiger partial charge in [0.2, 0.25) is 6.41 Å². The molecule has 19 heavy (non-hydrogen) atoms. The zero-order valence-corrected chi connectivity index (χ0v) is 10.9. The molecule has 4 N–H and O–H groups in total. The zero-order valence-electron chi connectivity index (χ0n) is 10.9. The molecule has 4 unspecified atom stereocenters. The van der Waals surface area contributed by atoms with Crippen molar-refractivity contribution in [2.75, 3.05) is 20.7 Å². The summed E-state index contributed by atoms with van der Waals surface area (Å²) >= 11 is 0. The van der Waals surface area contributed by atoms with Crippen molar-refractivity contribution in [1.82, 2.24) is 10.2 Å². The summed E-state index contributed by atoms with van der Waals surface area (Å²) in [7, 11) is 2.98. The first-order valence-electron chi connectivity index (χ1n) is 5.78. The first-order chi connectivity index (χ1) is 9.10. The summed E-state index contributed by atoms with van der Waals surface area (Å²) in [5.41, 5.74) is 5.44. The zero-order chi connectivity index (χ0) is 14.4. The number of imide groups is 1. The van der Waals surface area contributed by atoms with Gasteiger partial charge in [0, 0.05) is 33.0 Å². The second kappa shape index (κ2) is 7.19. The summed E-state index contributed by atoms with van der Waals surface area (Å²) in [5.74, 6) is -0.582. The fourth-order valence-electron chi connectivity index (χ4n) is 1.87. The number of hydrogen-bond acceptors (Lipinski definition) is 7. The Balaban J connectivity index is 2.88. The van der Waals surface area contributed by atoms with E-state index in [0.717, 1.165) is 4.90 Å². The van der Waals surface area contributed by atoms with Gasteiger partial charge in [-0.25, -0.2) is 0 Å². The molecule has 0 radical (unpaired) electrons. The van der Waals surface area contributed by atoms with Crippen LogP contribution in [0.4, 0.5) is 0 Å². The van der Waals surface area contributed by atoms with Crippen molar-refractivity contribution in [2.45, 2.75) is 24.5 Å². The van der Waals surface area contributed by atoms with Crippen LogP contribution in [0.15, 0.2) is 12.3 Å². The number of aliphatic hydroxyl groups is 1. The van der Waals surface area contributed by atoms with Crippen LogP contribution in [-0.2, 0) is 19.1 Å². The lowest BCUT2D eigenvalue weighted by atomic mass is 10.1. The number of nitrogens with two attached hydrogens (primary N) is 1. The molecule has 0 aromatic rings. The SMILES string of the molecule is CN/C=C\C(=O)N(C=O)C1OC(CN)C(O)C1OC. The number of nitrogens with zero attached hydrogens (tertiary/aromatic N) is 1. The molecule has 8 nitrogen and oxygen atoms in total. The van der Waals surface area contributed by atoms with Crippen molar-refractivity contribution in [3.05, 3.63) is 12.3 Å². The molecular formula is C11H19N3O5. The largest absolute Gasteiger partial charge is 0.394 e. The van der Waals surface area contributed by atoms with Crippen LogP contribution >= 0.6 is 0 Å². The first kappa shape index (κ1) is 15.6. The van der Waals surface area contributed by atoms with Crippen molar-refractivity contribution in [1.29, 1.82) is 0 Å². The summed E-state index contributed by atoms with van der Waals surface area (Å²) in [6, 6.07) is 0. The van der Waals surface area contributed by atoms with E-state index in [9.17, 15) is 14.7 Å². The standard InChI is InChI=1S/C11H19N3O5/c1-13-4-3-8(16)14(6-15)11-10(18-2)9(17)7(5-12)19-11/h3-4,6-7,9-11,13,17H,5,12H2,1-2H3/b4-3-. The van der Waals surface area contributed by atoms with E-state index >= 15 is 0 Å². The fourth-order valence-corrected chi connectivity index (χ4v) is 1.87. The van der Waals surface area contributed by atoms with Crippen molar-refractivity contribution in [3.63, 3.8) is 0 Å². The smallest absolute Gasteiger partial charge is 0.256 e. The van der Waals surface area contributed by atoms with Gasteiger partial charge in [-0.3, -0.25) is 14.5 Å². The quantitative estimate of drug-likeness (QED) is 0.370. The van der Waals surface area contributed by atoms with E-state index < -0.39 is 30.4 Å². The Kier molecular flexibility index (Phi) is 5.90. The van der Waals surface area contributed by atoms with Crippen LogP contribution in [0.5, 0.6) is 0 Å². The van der Waals surface area contributed by atoms with Gasteiger partial charge in [-0.05, 0) is 0 Å². The van der Waals surface area contributed by atoms with E-state index in [-0.39, 0.29) is 6.54 Å². The third kappa shape index (κ3) is 3.29. The molecule has 108 valence electrons. The number of ether oxygens (including phenoxy) is 2. The van der Waals surface area contributed by atoms with E-state index in [1.54, 1.807) is 7.05 Å². The molecule has 0 spiro atoms. The van der Waals surface area contributed by atoms with E-state index in [0.29, 0.717) is 6.41 Å². The monoisotopic (exact) mass is 273 g/mol. The van der Waals surface area contributed by atoms with Gasteiger partial charge in [0.15, 0.2) is 6.23 Å². The molecule has 1 rings (SSSR count). The molecule has 1 heterocycles. The molecule has 0 saturated carbocycles. The number of aliphatic hydroxyl groups excluding tert-OH is 1. The van der Waals surface area contributed by atoms with Crippen molar-refractivity contribution in [2.24, 2.45) is 5.73 Å². The van der Waals surface area contributed by atoms with E-state index in [4.69, 9.17) is 15.2 Å². The molecule has 0 aliphatic carbocycles. The van der Waals surface area contributed by atoms with E-state index in [1.807, 2.05) is 0 Å². The Morgan fingerprint density at radius 3 is 2.79 bits per heavy atom. The molecule has 0 aromatic carbocycles. The molecule has 1 fully saturated rings. The normalized spacial score (nSPS) is 30.5. The third-order valence-corrected chi connectivity index (χ3v) is 2.85. The minimum Gasteiger partial charge on any atom is -0.394 e. The highest BCUT2D eigenvalue weighted by molar-refractivity contribution is 5.94. The summed E-state index contributed by atoms with van der Waals surface area (Å²) < 4.78 is 10.5. The lowest BCUT2D eigenvalue weighted by molar-refractivity contribution is -0.155. The van der Waals surface area contributed by atoms with Gasteiger partial charge in [-0.15, -0.1) is 0 Å². The summed E-state index contributed by atoms with van der Waals surface area (Å²) in [6.45, 7) is 0.0603. The summed E-state index contributed by atoms with van der Waals surface area (Å²) in [5, 5.41) is 12.5. The maximum Gasteiger partial charge on any atom is 0.256 e. The van der Waals surface area contributed by atoms with Crippen molar-refractivity contribution >= 4 is 12.3 Å². The molecule has 8 heteroatoms. The van der Waals surface area contributed by atoms with Crippen molar-refractivity contribution < 1.29 is 24.2 Å². The van der Waals surface area contributed by atoms with Crippen LogP contribution in [0.3, 0.4) is 0 Å². The predicted molar refractivity (Wildman–Crippen MR) is 65.6 cm³/mol. The van der Waals surface area contributed by atoms with E-state index in [1.165, 1.54) is 19.4 Å². The summed E-state index contributed by atoms with van der Waals surface area (Å²) in [4.78, 5) is 23.7. The second-order valence-corrected chi connectivity index (χ2v) is 3.96. The highest BCUT2D eigenvalue weighted by Crippen LogP contribution is 2.25. The van der Waals surface area contributed by atoms with Gasteiger partial charge in [-0.2, -0.15) is 0 Å². The lowest BCUT2D eigenvalue weighted by Gasteiger charge is -2.25. The minimum atomic E-state index is -1.000. The van der Waals surface area contributed by atoms with Crippen LogP contribution in [-0.4, -0.2) is 67.6 Å². The highest BCUT2D eigenvalue weighted by atomic mass is 16.6. The second-order valence-electron chi connectivity index (χ2n) is 3.96. The average Bonchev–Trinajstić information content (AvgIpc) is 2.73. The van der Waals surface area contributed by atoms with Gasteiger partial charge in [0.1, 0.15) is 18.3 Å². The Morgan fingerprint density at radius 2 is 2.32 bits per heavy atom. The molecule has 2 amide bonds. The number of amides is 2. The Morgan fingerprint density at radius 1 is 1.63 bits per heavy atom. The van der Waals surface area contributed by atoms with Gasteiger partial charge in [0.05, 0.1) is 0 Å². The van der Waals surface area contributed by atoms with Gasteiger partial charge < -0.3 is 25.6 Å². The molecule has 1 aliphatic rings. The number of methoxy groups -OCH3 is 1. The van der Waals surface area contributed by atoms with E-state index in [2.05, 4.69) is 5.32 Å². The lowest BCUT2D eigenvalue weighted by Crippen LogP contribution is -2.47. The maximum absolute atomic E-state index is 11.8. The first-order valence-corrected chi connectivity index (χ1v) is 5.78. The van der Waals surface area contributed by atoms with Gasteiger partial charge in [-0.1, -0.05) is 0 Å². The molecule has 0 bridgehead atoms. The maximum atomic E-state index is 11.8. The predicted octanol–water partition coefficient (Wildman–Crippen LogP) is -2.24. The Labute approximate surface area is 111 Å². The van der Waals surface area contributed by atoms with Gasteiger partial charge in [0.25, 0.3) is 5.91 Å². The number of carbonyl (C=O) groups is 2. The van der Waals surface area contributed by atoms with Gasteiger partial charge >= 0.3 is 0 Å². The molecule has 1 aliphatic heterocycles. The topological polar surface area (TPSA) is 114 Å². The number of nitrogens with one attached hydrogen (secondary N) is 1. The van der Waals surface area contributed by atoms with Crippen LogP contribution in [0.1, 0.15) is 0 Å². The number of hydrogen-bond donors (Lipinski definition) is 3. The van der Waals surface area contributed by atoms with Crippen molar-refractivity contribution in [3.8, 4) is 0 Å². The minimum absolute atomic E-state index is 0.0603. The molecule has 1 saturated heterocycles. The summed E-state index contributed by atoms with van der Waals surface area (Å²) in [6.07, 6.45) is -0.614. The number of carbonyl (C=O) groups excluding carboxylic acids is 2. The molecule has 0 aromatic heterocycles.